The number of rotatable bonds is 7. The topological polar surface area (TPSA) is 79.1 Å². The number of nitrogens with zero attached hydrogens (tertiary/aromatic N) is 5. The Balaban J connectivity index is 1.27. The van der Waals surface area contributed by atoms with E-state index >= 15 is 0 Å². The van der Waals surface area contributed by atoms with Crippen molar-refractivity contribution < 1.29 is 4.74 Å². The van der Waals surface area contributed by atoms with Gasteiger partial charge in [-0.1, -0.05) is 18.2 Å². The van der Waals surface area contributed by atoms with Crippen LogP contribution in [0, 0.1) is 0 Å². The van der Waals surface area contributed by atoms with E-state index in [4.69, 9.17) is 4.74 Å². The Morgan fingerprint density at radius 2 is 2.06 bits per heavy atom. The number of fused-ring (bicyclic) bond motifs is 1. The second kappa shape index (κ2) is 10.1. The van der Waals surface area contributed by atoms with E-state index in [9.17, 15) is 0 Å². The van der Waals surface area contributed by atoms with Crippen LogP contribution in [0.5, 0.6) is 5.75 Å². The van der Waals surface area contributed by atoms with Crippen molar-refractivity contribution in [1.29, 1.82) is 0 Å². The van der Waals surface area contributed by atoms with Crippen molar-refractivity contribution in [3.8, 4) is 5.75 Å². The van der Waals surface area contributed by atoms with Gasteiger partial charge in [0.2, 0.25) is 0 Å². The summed E-state index contributed by atoms with van der Waals surface area (Å²) >= 11 is 0. The molecule has 8 nitrogen and oxygen atoms in total. The van der Waals surface area contributed by atoms with Crippen LogP contribution < -0.4 is 20.3 Å². The number of methoxy groups -OCH3 is 1. The molecule has 1 aliphatic heterocycles. The maximum absolute atomic E-state index is 5.55. The van der Waals surface area contributed by atoms with Crippen LogP contribution in [-0.2, 0) is 6.42 Å². The predicted molar refractivity (Wildman–Crippen MR) is 124 cm³/mol. The Hall–Kier alpha value is -3.29. The smallest absolute Gasteiger partial charge is 0.191 e. The van der Waals surface area contributed by atoms with Crippen molar-refractivity contribution in [2.75, 3.05) is 38.7 Å². The van der Waals surface area contributed by atoms with Crippen molar-refractivity contribution in [3.05, 3.63) is 54.5 Å². The minimum absolute atomic E-state index is 0.338. The number of piperidine rings is 1. The molecule has 164 valence electrons. The van der Waals surface area contributed by atoms with Crippen molar-refractivity contribution in [1.82, 2.24) is 25.2 Å². The van der Waals surface area contributed by atoms with Gasteiger partial charge >= 0.3 is 0 Å². The molecule has 0 saturated carbocycles. The first-order chi connectivity index (χ1) is 15.3. The number of hydrogen-bond donors (Lipinski definition) is 2. The first-order valence-electron chi connectivity index (χ1n) is 10.9. The number of ether oxygens (including phenoxy) is 1. The SMILES string of the molecule is CN=C(NCCCc1nnc2ccccn12)NC1CCCN(c2ccccc2OC)C1. The number of aryl methyl sites for hydroxylation is 1. The van der Waals surface area contributed by atoms with E-state index in [1.807, 2.05) is 48.0 Å². The first-order valence-corrected chi connectivity index (χ1v) is 10.9. The molecule has 3 heterocycles. The van der Waals surface area contributed by atoms with Gasteiger partial charge in [0.25, 0.3) is 0 Å². The summed E-state index contributed by atoms with van der Waals surface area (Å²) in [7, 11) is 3.55. The van der Waals surface area contributed by atoms with Gasteiger partial charge in [0.05, 0.1) is 12.8 Å². The van der Waals surface area contributed by atoms with E-state index in [2.05, 4.69) is 42.9 Å². The Labute approximate surface area is 183 Å². The maximum atomic E-state index is 5.55. The fourth-order valence-electron chi connectivity index (χ4n) is 4.11. The number of aliphatic imine (C=N–C) groups is 1. The van der Waals surface area contributed by atoms with Gasteiger partial charge in [0.1, 0.15) is 11.6 Å². The van der Waals surface area contributed by atoms with Crippen LogP contribution in [-0.4, -0.2) is 60.4 Å². The molecule has 1 atom stereocenters. The Morgan fingerprint density at radius 3 is 2.94 bits per heavy atom. The zero-order chi connectivity index (χ0) is 21.5. The zero-order valence-electron chi connectivity index (χ0n) is 18.3. The summed E-state index contributed by atoms with van der Waals surface area (Å²) in [4.78, 5) is 6.81. The van der Waals surface area contributed by atoms with Crippen LogP contribution >= 0.6 is 0 Å². The number of aromatic nitrogens is 3. The van der Waals surface area contributed by atoms with Crippen molar-refractivity contribution in [2.45, 2.75) is 31.7 Å². The lowest BCUT2D eigenvalue weighted by atomic mass is 10.0. The fraction of sp³-hybridized carbons (Fsp3) is 0.435. The molecule has 1 saturated heterocycles. The highest BCUT2D eigenvalue weighted by atomic mass is 16.5. The molecule has 1 aromatic carbocycles. The van der Waals surface area contributed by atoms with Gasteiger partial charge in [-0.05, 0) is 43.5 Å². The molecule has 1 fully saturated rings. The predicted octanol–water partition coefficient (Wildman–Crippen LogP) is 2.50. The molecular formula is C23H31N7O. The Bertz CT molecular complexity index is 1020. The number of para-hydroxylation sites is 2. The van der Waals surface area contributed by atoms with Crippen molar-refractivity contribution in [2.24, 2.45) is 4.99 Å². The molecule has 2 aromatic heterocycles. The van der Waals surface area contributed by atoms with Crippen LogP contribution in [0.3, 0.4) is 0 Å². The fourth-order valence-corrected chi connectivity index (χ4v) is 4.11. The van der Waals surface area contributed by atoms with Crippen molar-refractivity contribution >= 4 is 17.3 Å². The third-order valence-electron chi connectivity index (χ3n) is 5.67. The lowest BCUT2D eigenvalue weighted by molar-refractivity contribution is 0.408. The van der Waals surface area contributed by atoms with E-state index in [0.717, 1.165) is 74.2 Å². The number of hydrogen-bond acceptors (Lipinski definition) is 5. The number of guanidine groups is 1. The third kappa shape index (κ3) is 5.07. The molecule has 0 spiro atoms. The lowest BCUT2D eigenvalue weighted by Gasteiger charge is -2.36. The summed E-state index contributed by atoms with van der Waals surface area (Å²) in [5.41, 5.74) is 2.04. The normalized spacial score (nSPS) is 17.0. The first kappa shape index (κ1) is 21.0. The molecule has 0 aliphatic carbocycles. The summed E-state index contributed by atoms with van der Waals surface area (Å²) in [5, 5.41) is 15.5. The van der Waals surface area contributed by atoms with Crippen molar-refractivity contribution in [3.63, 3.8) is 0 Å². The van der Waals surface area contributed by atoms with Gasteiger partial charge in [0, 0.05) is 45.3 Å². The molecule has 3 aromatic rings. The highest BCUT2D eigenvalue weighted by Gasteiger charge is 2.22. The average Bonchev–Trinajstić information content (AvgIpc) is 3.24. The molecule has 0 radical (unpaired) electrons. The summed E-state index contributed by atoms with van der Waals surface area (Å²) in [6.45, 7) is 2.79. The summed E-state index contributed by atoms with van der Waals surface area (Å²) < 4.78 is 7.59. The molecule has 1 aliphatic rings. The highest BCUT2D eigenvalue weighted by Crippen LogP contribution is 2.29. The highest BCUT2D eigenvalue weighted by molar-refractivity contribution is 5.80. The summed E-state index contributed by atoms with van der Waals surface area (Å²) in [5.74, 6) is 2.75. The van der Waals surface area contributed by atoms with Gasteiger partial charge in [-0.25, -0.2) is 0 Å². The monoisotopic (exact) mass is 421 g/mol. The van der Waals surface area contributed by atoms with E-state index in [0.29, 0.717) is 6.04 Å². The third-order valence-corrected chi connectivity index (χ3v) is 5.67. The minimum atomic E-state index is 0.338. The zero-order valence-corrected chi connectivity index (χ0v) is 18.3. The van der Waals surface area contributed by atoms with E-state index in [-0.39, 0.29) is 0 Å². The second-order valence-electron chi connectivity index (χ2n) is 7.75. The number of pyridine rings is 1. The second-order valence-corrected chi connectivity index (χ2v) is 7.75. The minimum Gasteiger partial charge on any atom is -0.495 e. The molecular weight excluding hydrogens is 390 g/mol. The van der Waals surface area contributed by atoms with Gasteiger partial charge in [-0.3, -0.25) is 9.39 Å². The standard InChI is InChI=1S/C23H31N7O/c1-24-23(25-14-7-13-22-28-27-21-12-5-6-16-30(21)22)26-18-9-8-15-29(17-18)19-10-3-4-11-20(19)31-2/h3-6,10-12,16,18H,7-9,13-15,17H2,1-2H3,(H2,24,25,26). The molecule has 8 heteroatoms. The van der Waals surface area contributed by atoms with Crippen LogP contribution in [0.1, 0.15) is 25.1 Å². The molecule has 2 N–H and O–H groups in total. The number of nitrogens with one attached hydrogen (secondary N) is 2. The molecule has 0 amide bonds. The molecule has 0 bridgehead atoms. The van der Waals surface area contributed by atoms with Crippen LogP contribution in [0.2, 0.25) is 0 Å². The van der Waals surface area contributed by atoms with Gasteiger partial charge in [-0.15, -0.1) is 10.2 Å². The van der Waals surface area contributed by atoms with E-state index < -0.39 is 0 Å². The largest absolute Gasteiger partial charge is 0.495 e. The molecule has 31 heavy (non-hydrogen) atoms. The van der Waals surface area contributed by atoms with Crippen LogP contribution in [0.15, 0.2) is 53.7 Å². The van der Waals surface area contributed by atoms with Crippen LogP contribution in [0.25, 0.3) is 5.65 Å². The number of anilines is 1. The van der Waals surface area contributed by atoms with E-state index in [1.165, 1.54) is 0 Å². The van der Waals surface area contributed by atoms with Gasteiger partial charge in [-0.2, -0.15) is 0 Å². The quantitative estimate of drug-likeness (QED) is 0.347. The summed E-state index contributed by atoms with van der Waals surface area (Å²) in [6, 6.07) is 14.5. The van der Waals surface area contributed by atoms with Gasteiger partial charge in [0.15, 0.2) is 11.6 Å². The number of benzene rings is 1. The van der Waals surface area contributed by atoms with E-state index in [1.54, 1.807) is 7.11 Å². The van der Waals surface area contributed by atoms with Gasteiger partial charge < -0.3 is 20.3 Å². The summed E-state index contributed by atoms with van der Waals surface area (Å²) in [6.07, 6.45) is 6.08. The molecule has 1 unspecified atom stereocenters. The molecule has 4 rings (SSSR count). The Morgan fingerprint density at radius 1 is 1.19 bits per heavy atom. The lowest BCUT2D eigenvalue weighted by Crippen LogP contribution is -2.51. The van der Waals surface area contributed by atoms with Crippen LogP contribution in [0.4, 0.5) is 5.69 Å². The average molecular weight is 422 g/mol. The maximum Gasteiger partial charge on any atom is 0.191 e. The Kier molecular flexibility index (Phi) is 6.86.